The van der Waals surface area contributed by atoms with Crippen LogP contribution in [0, 0.1) is 17.1 Å². The third-order valence-corrected chi connectivity index (χ3v) is 6.15. The summed E-state index contributed by atoms with van der Waals surface area (Å²) in [5, 5.41) is 29.6. The Balaban J connectivity index is 1.50. The molecule has 5 rings (SSSR count). The standard InChI is InChI=1S/C22H21F2N7O3/c23-13-4-11(7-25)3-12(5-13)16-6-14(24)8-31(16)22(33)19-18-20(26-10-27-21(18)30-29-19)28-15-9-34-2-1-17(15)32/h3-5,10,14-17,32H,1-2,6,8-9H2,(H2,26,27,28,29,30)/t14-,15+,16+,17+/m0/s1. The maximum Gasteiger partial charge on any atom is 0.273 e. The lowest BCUT2D eigenvalue weighted by atomic mass is 10.0. The van der Waals surface area contributed by atoms with Crippen LogP contribution in [-0.2, 0) is 4.74 Å². The molecule has 3 N–H and O–H groups in total. The van der Waals surface area contributed by atoms with E-state index in [2.05, 4.69) is 25.5 Å². The number of hydrogen-bond donors (Lipinski definition) is 3. The van der Waals surface area contributed by atoms with Gasteiger partial charge in [-0.05, 0) is 30.2 Å². The van der Waals surface area contributed by atoms with Crippen molar-refractivity contribution in [3.63, 3.8) is 0 Å². The van der Waals surface area contributed by atoms with E-state index in [1.165, 1.54) is 23.4 Å². The third-order valence-electron chi connectivity index (χ3n) is 6.15. The first-order chi connectivity index (χ1) is 16.4. The first-order valence-electron chi connectivity index (χ1n) is 10.8. The molecule has 0 radical (unpaired) electrons. The van der Waals surface area contributed by atoms with E-state index in [1.54, 1.807) is 0 Å². The van der Waals surface area contributed by atoms with Gasteiger partial charge in [0, 0.05) is 13.0 Å². The van der Waals surface area contributed by atoms with Crippen molar-refractivity contribution < 1.29 is 23.4 Å². The topological polar surface area (TPSA) is 140 Å². The van der Waals surface area contributed by atoms with E-state index in [1.807, 2.05) is 6.07 Å². The fourth-order valence-corrected chi connectivity index (χ4v) is 4.50. The van der Waals surface area contributed by atoms with Gasteiger partial charge in [0.2, 0.25) is 0 Å². The molecule has 4 atom stereocenters. The highest BCUT2D eigenvalue weighted by Gasteiger charge is 2.39. The highest BCUT2D eigenvalue weighted by Crippen LogP contribution is 2.36. The number of aliphatic hydroxyl groups excluding tert-OH is 1. The number of nitrogens with one attached hydrogen (secondary N) is 2. The number of alkyl halides is 1. The van der Waals surface area contributed by atoms with Crippen molar-refractivity contribution in [2.24, 2.45) is 0 Å². The molecule has 12 heteroatoms. The fourth-order valence-electron chi connectivity index (χ4n) is 4.50. The zero-order chi connectivity index (χ0) is 23.8. The number of nitriles is 1. The smallest absolute Gasteiger partial charge is 0.273 e. The van der Waals surface area contributed by atoms with Gasteiger partial charge in [0.15, 0.2) is 5.65 Å². The van der Waals surface area contributed by atoms with Crippen molar-refractivity contribution in [2.45, 2.75) is 37.2 Å². The Labute approximate surface area is 192 Å². The lowest BCUT2D eigenvalue weighted by Crippen LogP contribution is -2.42. The number of amides is 1. The summed E-state index contributed by atoms with van der Waals surface area (Å²) in [4.78, 5) is 23.2. The summed E-state index contributed by atoms with van der Waals surface area (Å²) in [6.07, 6.45) is -0.279. The van der Waals surface area contributed by atoms with Crippen LogP contribution in [0.1, 0.15) is 40.5 Å². The van der Waals surface area contributed by atoms with Gasteiger partial charge in [-0.3, -0.25) is 9.89 Å². The second-order valence-electron chi connectivity index (χ2n) is 8.39. The predicted molar refractivity (Wildman–Crippen MR) is 115 cm³/mol. The van der Waals surface area contributed by atoms with E-state index in [-0.39, 0.29) is 42.3 Å². The number of aromatic nitrogens is 4. The third kappa shape index (κ3) is 4.04. The van der Waals surface area contributed by atoms with E-state index in [0.717, 1.165) is 6.07 Å². The van der Waals surface area contributed by atoms with Gasteiger partial charge < -0.3 is 20.1 Å². The van der Waals surface area contributed by atoms with E-state index in [4.69, 9.17) is 4.74 Å². The SMILES string of the molecule is N#Cc1cc(F)cc([C@H]2C[C@H](F)CN2C(=O)c2[nH]nc3ncnc(N[C@@H]4COCC[C@H]4O)c23)c1. The molecule has 0 aliphatic carbocycles. The van der Waals surface area contributed by atoms with Gasteiger partial charge >= 0.3 is 0 Å². The Hall–Kier alpha value is -3.69. The van der Waals surface area contributed by atoms with E-state index in [9.17, 15) is 23.9 Å². The second-order valence-corrected chi connectivity index (χ2v) is 8.39. The van der Waals surface area contributed by atoms with Crippen LogP contribution < -0.4 is 5.32 Å². The number of aliphatic hydroxyl groups is 1. The number of carbonyl (C=O) groups is 1. The molecular formula is C22H21F2N7O3. The number of fused-ring (bicyclic) bond motifs is 1. The van der Waals surface area contributed by atoms with Crippen LogP contribution in [0.4, 0.5) is 14.6 Å². The summed E-state index contributed by atoms with van der Waals surface area (Å²) in [7, 11) is 0. The largest absolute Gasteiger partial charge is 0.391 e. The number of anilines is 1. The summed E-state index contributed by atoms with van der Waals surface area (Å²) < 4.78 is 34.0. The first-order valence-corrected chi connectivity index (χ1v) is 10.8. The highest BCUT2D eigenvalue weighted by atomic mass is 19.1. The van der Waals surface area contributed by atoms with Gasteiger partial charge in [0.05, 0.1) is 48.4 Å². The molecule has 176 valence electrons. The summed E-state index contributed by atoms with van der Waals surface area (Å²) in [5.74, 6) is -0.917. The molecule has 2 aliphatic heterocycles. The molecule has 2 saturated heterocycles. The van der Waals surface area contributed by atoms with Gasteiger partial charge in [0.25, 0.3) is 5.91 Å². The van der Waals surface area contributed by atoms with E-state index < -0.39 is 36.1 Å². The minimum atomic E-state index is -1.32. The first kappa shape index (κ1) is 22.1. The van der Waals surface area contributed by atoms with E-state index >= 15 is 0 Å². The molecule has 1 aromatic carbocycles. The highest BCUT2D eigenvalue weighted by molar-refractivity contribution is 6.07. The van der Waals surface area contributed by atoms with Crippen LogP contribution in [0.25, 0.3) is 11.0 Å². The van der Waals surface area contributed by atoms with Crippen molar-refractivity contribution in [1.29, 1.82) is 5.26 Å². The van der Waals surface area contributed by atoms with Crippen molar-refractivity contribution in [1.82, 2.24) is 25.1 Å². The van der Waals surface area contributed by atoms with Crippen LogP contribution in [0.5, 0.6) is 0 Å². The predicted octanol–water partition coefficient (Wildman–Crippen LogP) is 1.85. The van der Waals surface area contributed by atoms with Crippen LogP contribution in [0.2, 0.25) is 0 Å². The second kappa shape index (κ2) is 8.92. The van der Waals surface area contributed by atoms with Crippen molar-refractivity contribution in [2.75, 3.05) is 25.1 Å². The zero-order valence-electron chi connectivity index (χ0n) is 17.9. The van der Waals surface area contributed by atoms with Crippen LogP contribution in [0.15, 0.2) is 24.5 Å². The number of rotatable bonds is 4. The molecule has 2 aliphatic rings. The van der Waals surface area contributed by atoms with Crippen molar-refractivity contribution in [3.05, 3.63) is 47.2 Å². The molecule has 4 heterocycles. The molecule has 2 fully saturated rings. The number of nitrogens with zero attached hydrogens (tertiary/aromatic N) is 5. The minimum absolute atomic E-state index is 0.0284. The molecule has 0 unspecified atom stereocenters. The number of H-pyrrole nitrogens is 1. The van der Waals surface area contributed by atoms with Gasteiger partial charge in [0.1, 0.15) is 29.8 Å². The maximum absolute atomic E-state index is 14.5. The molecule has 34 heavy (non-hydrogen) atoms. The average Bonchev–Trinajstić information content (AvgIpc) is 3.44. The molecule has 0 bridgehead atoms. The zero-order valence-corrected chi connectivity index (χ0v) is 17.9. The Kier molecular flexibility index (Phi) is 5.80. The lowest BCUT2D eigenvalue weighted by molar-refractivity contribution is 0.00308. The number of carbonyl (C=O) groups excluding carboxylic acids is 1. The summed E-state index contributed by atoms with van der Waals surface area (Å²) in [6, 6.07) is 4.41. The lowest BCUT2D eigenvalue weighted by Gasteiger charge is -2.29. The van der Waals surface area contributed by atoms with Gasteiger partial charge in [-0.2, -0.15) is 10.4 Å². The Bertz CT molecular complexity index is 1280. The molecular weight excluding hydrogens is 448 g/mol. The molecule has 10 nitrogen and oxygen atoms in total. The Morgan fingerprint density at radius 2 is 2.21 bits per heavy atom. The quantitative estimate of drug-likeness (QED) is 0.526. The normalized spacial score (nSPS) is 24.8. The van der Waals surface area contributed by atoms with Gasteiger partial charge in [-0.25, -0.2) is 18.7 Å². The number of benzene rings is 1. The average molecular weight is 469 g/mol. The van der Waals surface area contributed by atoms with Crippen molar-refractivity contribution >= 4 is 22.8 Å². The van der Waals surface area contributed by atoms with Gasteiger partial charge in [-0.15, -0.1) is 0 Å². The van der Waals surface area contributed by atoms with Gasteiger partial charge in [-0.1, -0.05) is 0 Å². The number of halogens is 2. The molecule has 0 spiro atoms. The Morgan fingerprint density at radius 3 is 3.00 bits per heavy atom. The molecule has 1 amide bonds. The molecule has 2 aromatic heterocycles. The maximum atomic E-state index is 14.5. The van der Waals surface area contributed by atoms with Crippen molar-refractivity contribution in [3.8, 4) is 6.07 Å². The van der Waals surface area contributed by atoms with Crippen LogP contribution in [-0.4, -0.2) is 74.2 Å². The number of aromatic amines is 1. The number of hydrogen-bond acceptors (Lipinski definition) is 8. The van der Waals surface area contributed by atoms with E-state index in [0.29, 0.717) is 24.0 Å². The van der Waals surface area contributed by atoms with Crippen LogP contribution >= 0.6 is 0 Å². The monoisotopic (exact) mass is 469 g/mol. The summed E-state index contributed by atoms with van der Waals surface area (Å²) >= 11 is 0. The molecule has 3 aromatic rings. The molecule has 0 saturated carbocycles. The summed E-state index contributed by atoms with van der Waals surface area (Å²) in [5.41, 5.74) is 0.688. The fraction of sp³-hybridized carbons (Fsp3) is 0.409. The Morgan fingerprint density at radius 1 is 1.35 bits per heavy atom. The summed E-state index contributed by atoms with van der Waals surface area (Å²) in [6.45, 7) is 0.503. The number of ether oxygens (including phenoxy) is 1. The minimum Gasteiger partial charge on any atom is -0.391 e. The number of likely N-dealkylation sites (tertiary alicyclic amines) is 1. The van der Waals surface area contributed by atoms with Crippen LogP contribution in [0.3, 0.4) is 0 Å².